The Balaban J connectivity index is 1.43. The lowest BCUT2D eigenvalue weighted by Gasteiger charge is -2.34. The molecule has 0 amide bonds. The summed E-state index contributed by atoms with van der Waals surface area (Å²) in [7, 11) is -3.40. The molecule has 6 nitrogen and oxygen atoms in total. The first-order chi connectivity index (χ1) is 13.8. The fourth-order valence-corrected chi connectivity index (χ4v) is 5.11. The molecule has 1 aliphatic rings. The van der Waals surface area contributed by atoms with Gasteiger partial charge in [-0.3, -0.25) is 4.68 Å². The largest absolute Gasteiger partial charge is 0.301 e. The summed E-state index contributed by atoms with van der Waals surface area (Å²) in [6, 6.07) is 9.33. The van der Waals surface area contributed by atoms with E-state index in [9.17, 15) is 8.42 Å². The van der Waals surface area contributed by atoms with E-state index in [-0.39, 0.29) is 5.41 Å². The molecule has 0 unspecified atom stereocenters. The number of hydrogen-bond donors (Lipinski definition) is 0. The lowest BCUT2D eigenvalue weighted by atomic mass is 9.87. The van der Waals surface area contributed by atoms with Crippen LogP contribution in [0, 0.1) is 0 Å². The second kappa shape index (κ2) is 9.41. The molecule has 0 atom stereocenters. The average molecular weight is 419 g/mol. The molecule has 29 heavy (non-hydrogen) atoms. The first-order valence-corrected chi connectivity index (χ1v) is 12.0. The van der Waals surface area contributed by atoms with E-state index < -0.39 is 10.0 Å². The fourth-order valence-electron chi connectivity index (χ4n) is 3.69. The van der Waals surface area contributed by atoms with Crippen molar-refractivity contribution in [2.45, 2.75) is 56.9 Å². The Hall–Kier alpha value is -1.70. The Bertz CT molecular complexity index is 847. The highest BCUT2D eigenvalue weighted by molar-refractivity contribution is 7.89. The third-order valence-electron chi connectivity index (χ3n) is 5.61. The Labute approximate surface area is 175 Å². The van der Waals surface area contributed by atoms with E-state index in [0.717, 1.165) is 44.6 Å². The molecule has 0 bridgehead atoms. The molecule has 7 heteroatoms. The molecule has 0 saturated carbocycles. The van der Waals surface area contributed by atoms with Crippen LogP contribution in [0.4, 0.5) is 0 Å². The molecule has 0 spiro atoms. The van der Waals surface area contributed by atoms with Crippen LogP contribution in [0.1, 0.15) is 45.6 Å². The van der Waals surface area contributed by atoms with Crippen molar-refractivity contribution >= 4 is 10.0 Å². The van der Waals surface area contributed by atoms with Crippen LogP contribution >= 0.6 is 0 Å². The number of rotatable bonds is 8. The highest BCUT2D eigenvalue weighted by Crippen LogP contribution is 2.25. The lowest BCUT2D eigenvalue weighted by Crippen LogP contribution is -2.48. The number of benzene rings is 1. The molecule has 160 valence electrons. The van der Waals surface area contributed by atoms with Crippen LogP contribution in [0.25, 0.3) is 0 Å². The van der Waals surface area contributed by atoms with Crippen LogP contribution in [0.5, 0.6) is 0 Å². The van der Waals surface area contributed by atoms with Gasteiger partial charge in [0, 0.05) is 45.1 Å². The summed E-state index contributed by atoms with van der Waals surface area (Å²) < 4.78 is 29.5. The molecule has 1 fully saturated rings. The summed E-state index contributed by atoms with van der Waals surface area (Å²) in [5.74, 6) is 0. The van der Waals surface area contributed by atoms with Gasteiger partial charge in [0.05, 0.1) is 4.90 Å². The molecular formula is C22H34N4O2S. The van der Waals surface area contributed by atoms with Crippen LogP contribution < -0.4 is 0 Å². The summed E-state index contributed by atoms with van der Waals surface area (Å²) in [5, 5.41) is 4.22. The van der Waals surface area contributed by atoms with Crippen LogP contribution in [-0.2, 0) is 22.0 Å². The van der Waals surface area contributed by atoms with Gasteiger partial charge in [-0.05, 0) is 48.6 Å². The van der Waals surface area contributed by atoms with Gasteiger partial charge in [-0.25, -0.2) is 8.42 Å². The zero-order valence-corrected chi connectivity index (χ0v) is 18.7. The van der Waals surface area contributed by atoms with Crippen molar-refractivity contribution in [2.24, 2.45) is 0 Å². The highest BCUT2D eigenvalue weighted by atomic mass is 32.2. The maximum Gasteiger partial charge on any atom is 0.243 e. The first kappa shape index (κ1) is 22.0. The maximum atomic E-state index is 13.0. The minimum absolute atomic E-state index is 0.0201. The smallest absolute Gasteiger partial charge is 0.243 e. The predicted octanol–water partition coefficient (Wildman–Crippen LogP) is 3.36. The third-order valence-corrected chi connectivity index (χ3v) is 7.52. The molecule has 0 radical (unpaired) electrons. The van der Waals surface area contributed by atoms with Gasteiger partial charge in [0.25, 0.3) is 0 Å². The van der Waals surface area contributed by atoms with Gasteiger partial charge in [0.15, 0.2) is 0 Å². The molecule has 1 aliphatic heterocycles. The van der Waals surface area contributed by atoms with Gasteiger partial charge in [-0.1, -0.05) is 39.3 Å². The van der Waals surface area contributed by atoms with Crippen molar-refractivity contribution in [3.63, 3.8) is 0 Å². The van der Waals surface area contributed by atoms with Crippen LogP contribution in [0.2, 0.25) is 0 Å². The van der Waals surface area contributed by atoms with Crippen molar-refractivity contribution in [3.05, 3.63) is 48.3 Å². The van der Waals surface area contributed by atoms with E-state index in [0.29, 0.717) is 18.0 Å². The van der Waals surface area contributed by atoms with Crippen LogP contribution in [0.3, 0.4) is 0 Å². The molecule has 2 heterocycles. The number of aromatic nitrogens is 2. The van der Waals surface area contributed by atoms with Gasteiger partial charge in [-0.2, -0.15) is 9.40 Å². The van der Waals surface area contributed by atoms with E-state index in [1.165, 1.54) is 6.42 Å². The highest BCUT2D eigenvalue weighted by Gasteiger charge is 2.28. The van der Waals surface area contributed by atoms with E-state index in [4.69, 9.17) is 0 Å². The monoisotopic (exact) mass is 418 g/mol. The second-order valence-corrected chi connectivity index (χ2v) is 10.8. The molecular weight excluding hydrogens is 384 g/mol. The zero-order chi connectivity index (χ0) is 20.9. The summed E-state index contributed by atoms with van der Waals surface area (Å²) in [6.45, 7) is 11.1. The van der Waals surface area contributed by atoms with Crippen molar-refractivity contribution in [3.8, 4) is 0 Å². The quantitative estimate of drug-likeness (QED) is 0.617. The normalized spacial score (nSPS) is 16.9. The van der Waals surface area contributed by atoms with Crippen molar-refractivity contribution in [1.82, 2.24) is 19.0 Å². The van der Waals surface area contributed by atoms with E-state index in [1.54, 1.807) is 16.4 Å². The second-order valence-electron chi connectivity index (χ2n) is 8.85. The number of hydrogen-bond acceptors (Lipinski definition) is 4. The number of nitrogens with zero attached hydrogens (tertiary/aromatic N) is 4. The van der Waals surface area contributed by atoms with Crippen molar-refractivity contribution < 1.29 is 8.42 Å². The Morgan fingerprint density at radius 1 is 0.931 bits per heavy atom. The van der Waals surface area contributed by atoms with E-state index >= 15 is 0 Å². The summed E-state index contributed by atoms with van der Waals surface area (Å²) in [4.78, 5) is 2.78. The van der Waals surface area contributed by atoms with Gasteiger partial charge in [-0.15, -0.1) is 0 Å². The molecule has 0 aliphatic carbocycles. The van der Waals surface area contributed by atoms with Crippen molar-refractivity contribution in [1.29, 1.82) is 0 Å². The molecule has 0 N–H and O–H groups in total. The maximum absolute atomic E-state index is 13.0. The van der Waals surface area contributed by atoms with Gasteiger partial charge >= 0.3 is 0 Å². The number of piperazine rings is 1. The first-order valence-electron chi connectivity index (χ1n) is 10.6. The van der Waals surface area contributed by atoms with Crippen molar-refractivity contribution in [2.75, 3.05) is 32.7 Å². The molecule has 1 saturated heterocycles. The molecule has 1 aromatic heterocycles. The minimum Gasteiger partial charge on any atom is -0.301 e. The number of unbranched alkanes of at least 4 members (excludes halogenated alkanes) is 2. The fraction of sp³-hybridized carbons (Fsp3) is 0.591. The average Bonchev–Trinajstić information content (AvgIpc) is 3.21. The Morgan fingerprint density at radius 2 is 1.59 bits per heavy atom. The molecule has 3 rings (SSSR count). The SMILES string of the molecule is CC(C)(C)c1ccc(S(=O)(=O)N2CCN(CCCCCn3cccn3)CC2)cc1. The van der Waals surface area contributed by atoms with E-state index in [1.807, 2.05) is 35.3 Å². The summed E-state index contributed by atoms with van der Waals surface area (Å²) >= 11 is 0. The van der Waals surface area contributed by atoms with E-state index in [2.05, 4.69) is 30.8 Å². The van der Waals surface area contributed by atoms with Crippen LogP contribution in [-0.4, -0.2) is 60.1 Å². The predicted molar refractivity (Wildman–Crippen MR) is 116 cm³/mol. The van der Waals surface area contributed by atoms with Gasteiger partial charge in [0.1, 0.15) is 0 Å². The number of aryl methyl sites for hydroxylation is 1. The third kappa shape index (κ3) is 5.90. The van der Waals surface area contributed by atoms with Gasteiger partial charge < -0.3 is 4.90 Å². The van der Waals surface area contributed by atoms with Crippen LogP contribution in [0.15, 0.2) is 47.6 Å². The number of sulfonamides is 1. The minimum atomic E-state index is -3.40. The molecule has 2 aromatic rings. The Kier molecular flexibility index (Phi) is 7.14. The molecule has 1 aromatic carbocycles. The Morgan fingerprint density at radius 3 is 2.17 bits per heavy atom. The summed E-state index contributed by atoms with van der Waals surface area (Å²) in [5.41, 5.74) is 1.17. The zero-order valence-electron chi connectivity index (χ0n) is 17.9. The standard InChI is InChI=1S/C22H34N4O2S/c1-22(2,3)20-8-10-21(11-9-20)29(27,28)26-18-16-24(17-19-26)13-5-4-6-14-25-15-7-12-23-25/h7-12,15H,4-6,13-14,16-19H2,1-3H3. The van der Waals surface area contributed by atoms with Gasteiger partial charge in [0.2, 0.25) is 10.0 Å². The summed E-state index contributed by atoms with van der Waals surface area (Å²) in [6.07, 6.45) is 7.24. The topological polar surface area (TPSA) is 58.4 Å². The lowest BCUT2D eigenvalue weighted by molar-refractivity contribution is 0.185.